The molecular weight excluding hydrogens is 469 g/mol. The molecule has 11 heteroatoms. The number of benzene rings is 1. The molecule has 10 nitrogen and oxygen atoms in total. The Bertz CT molecular complexity index is 1050. The molecule has 198 valence electrons. The van der Waals surface area contributed by atoms with Gasteiger partial charge in [-0.2, -0.15) is 0 Å². The van der Waals surface area contributed by atoms with Gasteiger partial charge in [0.2, 0.25) is 5.91 Å². The highest BCUT2D eigenvalue weighted by Gasteiger charge is 2.43. The van der Waals surface area contributed by atoms with Crippen LogP contribution in [0.4, 0.5) is 14.0 Å². The summed E-state index contributed by atoms with van der Waals surface area (Å²) in [7, 11) is 0. The van der Waals surface area contributed by atoms with E-state index in [1.165, 1.54) is 20.8 Å². The first-order valence-corrected chi connectivity index (χ1v) is 12.0. The molecule has 0 radical (unpaired) electrons. The number of halogens is 1. The minimum Gasteiger partial charge on any atom is -0.480 e. The quantitative estimate of drug-likeness (QED) is 0.582. The molecule has 0 aliphatic carbocycles. The standard InChI is InChI=1S/C25H36FN5O5/c1-24(2,3)19(27-22(35)28-25(4,5)6)20(32)29-10-11-31(18(14-29)21(33)34)23(36)30-12-15-8-7-9-17(26)16(15)13-30/h7-9,18-19H,10-14H2,1-6H3,(H,33,34)(H2,27,28,35)/t18-,19-/m1/s1. The number of fused-ring (bicyclic) bond motifs is 1. The lowest BCUT2D eigenvalue weighted by atomic mass is 9.85. The number of nitrogens with one attached hydrogen (secondary N) is 2. The fourth-order valence-corrected chi connectivity index (χ4v) is 4.46. The lowest BCUT2D eigenvalue weighted by Crippen LogP contribution is -2.65. The molecule has 1 aromatic rings. The first kappa shape index (κ1) is 27.2. The molecule has 3 N–H and O–H groups in total. The van der Waals surface area contributed by atoms with Gasteiger partial charge in [-0.25, -0.2) is 18.8 Å². The summed E-state index contributed by atoms with van der Waals surface area (Å²) in [6, 6.07) is 1.46. The van der Waals surface area contributed by atoms with Crippen LogP contribution >= 0.6 is 0 Å². The SMILES string of the molecule is CC(C)(C)NC(=O)N[C@H](C(=O)N1CCN(C(=O)N2Cc3cccc(F)c3C2)[C@@H](C(=O)O)C1)C(C)(C)C. The minimum atomic E-state index is -1.27. The van der Waals surface area contributed by atoms with Gasteiger partial charge in [0, 0.05) is 30.7 Å². The van der Waals surface area contributed by atoms with Crippen molar-refractivity contribution in [1.82, 2.24) is 25.3 Å². The largest absolute Gasteiger partial charge is 0.480 e. The molecule has 5 amide bonds. The summed E-state index contributed by atoms with van der Waals surface area (Å²) in [5.41, 5.74) is -0.0341. The molecule has 0 spiro atoms. The van der Waals surface area contributed by atoms with Gasteiger partial charge >= 0.3 is 18.0 Å². The second-order valence-corrected chi connectivity index (χ2v) is 11.5. The van der Waals surface area contributed by atoms with Crippen LogP contribution in [0.3, 0.4) is 0 Å². The normalized spacial score (nSPS) is 19.0. The number of carboxylic acid groups (broad SMARTS) is 1. The third-order valence-corrected chi connectivity index (χ3v) is 6.30. The van der Waals surface area contributed by atoms with E-state index in [1.807, 2.05) is 41.5 Å². The van der Waals surface area contributed by atoms with Gasteiger partial charge in [-0.05, 0) is 37.8 Å². The number of hydrogen-bond donors (Lipinski definition) is 3. The number of aliphatic carboxylic acids is 1. The average Bonchev–Trinajstić information content (AvgIpc) is 3.20. The fraction of sp³-hybridized carbons (Fsp3) is 0.600. The maximum atomic E-state index is 14.1. The summed E-state index contributed by atoms with van der Waals surface area (Å²) >= 11 is 0. The van der Waals surface area contributed by atoms with Crippen LogP contribution in [0.1, 0.15) is 52.7 Å². The smallest absolute Gasteiger partial charge is 0.328 e. The van der Waals surface area contributed by atoms with Gasteiger partial charge in [0.05, 0.1) is 13.1 Å². The molecule has 0 aromatic heterocycles. The van der Waals surface area contributed by atoms with E-state index >= 15 is 0 Å². The second kappa shape index (κ2) is 9.94. The third-order valence-electron chi connectivity index (χ3n) is 6.30. The average molecular weight is 506 g/mol. The minimum absolute atomic E-state index is 0.00190. The second-order valence-electron chi connectivity index (χ2n) is 11.5. The summed E-state index contributed by atoms with van der Waals surface area (Å²) in [4.78, 5) is 55.4. The maximum absolute atomic E-state index is 14.1. The number of carboxylic acids is 1. The Hall–Kier alpha value is -3.37. The van der Waals surface area contributed by atoms with Gasteiger partial charge in [0.15, 0.2) is 0 Å². The molecule has 2 heterocycles. The number of amides is 5. The summed E-state index contributed by atoms with van der Waals surface area (Å²) in [5.74, 6) is -2.06. The molecule has 3 rings (SSSR count). The topological polar surface area (TPSA) is 122 Å². The van der Waals surface area contributed by atoms with Crippen molar-refractivity contribution in [3.63, 3.8) is 0 Å². The molecule has 2 aliphatic heterocycles. The highest BCUT2D eigenvalue weighted by atomic mass is 19.1. The zero-order valence-corrected chi connectivity index (χ0v) is 21.7. The van der Waals surface area contributed by atoms with E-state index in [2.05, 4.69) is 10.6 Å². The number of carbonyl (C=O) groups excluding carboxylic acids is 3. The number of carbonyl (C=O) groups is 4. The first-order valence-electron chi connectivity index (χ1n) is 12.0. The molecule has 36 heavy (non-hydrogen) atoms. The summed E-state index contributed by atoms with van der Waals surface area (Å²) in [6.07, 6.45) is 0. The Morgan fingerprint density at radius 3 is 2.25 bits per heavy atom. The molecule has 0 bridgehead atoms. The maximum Gasteiger partial charge on any atom is 0.328 e. The zero-order valence-electron chi connectivity index (χ0n) is 21.7. The summed E-state index contributed by atoms with van der Waals surface area (Å²) < 4.78 is 14.1. The van der Waals surface area contributed by atoms with Crippen LogP contribution in [0.15, 0.2) is 18.2 Å². The number of nitrogens with zero attached hydrogens (tertiary/aromatic N) is 3. The molecule has 1 saturated heterocycles. The van der Waals surface area contributed by atoms with Crippen LogP contribution < -0.4 is 10.6 Å². The van der Waals surface area contributed by atoms with Gasteiger partial charge in [0.1, 0.15) is 17.9 Å². The summed E-state index contributed by atoms with van der Waals surface area (Å²) in [6.45, 7) is 11.0. The van der Waals surface area contributed by atoms with Crippen molar-refractivity contribution in [1.29, 1.82) is 0 Å². The van der Waals surface area contributed by atoms with Gasteiger partial charge in [-0.15, -0.1) is 0 Å². The van der Waals surface area contributed by atoms with Crippen molar-refractivity contribution in [2.24, 2.45) is 5.41 Å². The van der Waals surface area contributed by atoms with Crippen LogP contribution in [-0.2, 0) is 22.7 Å². The fourth-order valence-electron chi connectivity index (χ4n) is 4.46. The Morgan fingerprint density at radius 2 is 1.69 bits per heavy atom. The highest BCUT2D eigenvalue weighted by Crippen LogP contribution is 2.28. The number of urea groups is 2. The molecule has 1 fully saturated rings. The molecule has 2 atom stereocenters. The van der Waals surface area contributed by atoms with E-state index in [9.17, 15) is 28.7 Å². The van der Waals surface area contributed by atoms with Crippen LogP contribution in [0, 0.1) is 11.2 Å². The van der Waals surface area contributed by atoms with Crippen molar-refractivity contribution in [2.75, 3.05) is 19.6 Å². The van der Waals surface area contributed by atoms with Crippen LogP contribution in [0.5, 0.6) is 0 Å². The zero-order chi connectivity index (χ0) is 27.0. The molecular formula is C25H36FN5O5. The van der Waals surface area contributed by atoms with Crippen LogP contribution in [0.2, 0.25) is 0 Å². The van der Waals surface area contributed by atoms with E-state index in [0.29, 0.717) is 11.1 Å². The highest BCUT2D eigenvalue weighted by molar-refractivity contribution is 5.89. The van der Waals surface area contributed by atoms with Gasteiger partial charge < -0.3 is 30.4 Å². The van der Waals surface area contributed by atoms with E-state index < -0.39 is 52.8 Å². The third kappa shape index (κ3) is 6.06. The first-order chi connectivity index (χ1) is 16.6. The predicted molar refractivity (Wildman–Crippen MR) is 130 cm³/mol. The lowest BCUT2D eigenvalue weighted by Gasteiger charge is -2.43. The van der Waals surface area contributed by atoms with Gasteiger partial charge in [-0.1, -0.05) is 32.9 Å². The number of hydrogen-bond acceptors (Lipinski definition) is 4. The van der Waals surface area contributed by atoms with E-state index in [-0.39, 0.29) is 32.7 Å². The van der Waals surface area contributed by atoms with Crippen molar-refractivity contribution >= 4 is 23.9 Å². The van der Waals surface area contributed by atoms with Crippen LogP contribution in [-0.4, -0.2) is 81.0 Å². The lowest BCUT2D eigenvalue weighted by molar-refractivity contribution is -0.148. The van der Waals surface area contributed by atoms with Crippen molar-refractivity contribution < 1.29 is 28.7 Å². The van der Waals surface area contributed by atoms with Crippen molar-refractivity contribution in [2.45, 2.75) is 72.3 Å². The van der Waals surface area contributed by atoms with Gasteiger partial charge in [0.25, 0.3) is 0 Å². The Labute approximate surface area is 210 Å². The Balaban J connectivity index is 1.73. The van der Waals surface area contributed by atoms with E-state index in [1.54, 1.807) is 12.1 Å². The van der Waals surface area contributed by atoms with Crippen LogP contribution in [0.25, 0.3) is 0 Å². The Morgan fingerprint density at radius 1 is 1.03 bits per heavy atom. The molecule has 1 aromatic carbocycles. The van der Waals surface area contributed by atoms with Gasteiger partial charge in [-0.3, -0.25) is 4.79 Å². The predicted octanol–water partition coefficient (Wildman–Crippen LogP) is 2.37. The van der Waals surface area contributed by atoms with Crippen molar-refractivity contribution in [3.8, 4) is 0 Å². The molecule has 0 unspecified atom stereocenters. The van der Waals surface area contributed by atoms with E-state index in [4.69, 9.17) is 0 Å². The van der Waals surface area contributed by atoms with Crippen molar-refractivity contribution in [3.05, 3.63) is 35.1 Å². The molecule has 0 saturated carbocycles. The Kier molecular flexibility index (Phi) is 7.52. The number of piperazine rings is 1. The number of rotatable bonds is 3. The summed E-state index contributed by atoms with van der Waals surface area (Å²) in [5, 5.41) is 15.4. The monoisotopic (exact) mass is 505 g/mol. The van der Waals surface area contributed by atoms with E-state index in [0.717, 1.165) is 0 Å². The molecule has 2 aliphatic rings.